The molecule has 0 aliphatic rings. The molecule has 106 valence electrons. The molecule has 5 nitrogen and oxygen atoms in total. The predicted octanol–water partition coefficient (Wildman–Crippen LogP) is 3.06. The van der Waals surface area contributed by atoms with Crippen molar-refractivity contribution in [3.63, 3.8) is 0 Å². The minimum atomic E-state index is -0.305. The molecule has 1 amide bonds. The molecule has 0 fully saturated rings. The second-order valence-corrected chi connectivity index (χ2v) is 5.11. The zero-order chi connectivity index (χ0) is 15.0. The number of halogens is 1. The number of aromatic nitrogens is 2. The van der Waals surface area contributed by atoms with Crippen LogP contribution in [-0.2, 0) is 7.05 Å². The molecule has 0 saturated carbocycles. The molecule has 0 aliphatic carbocycles. The third-order valence-corrected chi connectivity index (χ3v) is 3.47. The average Bonchev–Trinajstić information content (AvgIpc) is 2.80. The van der Waals surface area contributed by atoms with Gasteiger partial charge >= 0.3 is 0 Å². The molecule has 0 unspecified atom stereocenters. The molecule has 1 heterocycles. The van der Waals surface area contributed by atoms with Gasteiger partial charge in [-0.1, -0.05) is 29.8 Å². The summed E-state index contributed by atoms with van der Waals surface area (Å²) in [5.74, 6) is -0.305. The number of amides is 1. The minimum Gasteiger partial charge on any atom is -0.397 e. The molecule has 3 aromatic rings. The zero-order valence-corrected chi connectivity index (χ0v) is 12.1. The number of anilines is 2. The van der Waals surface area contributed by atoms with E-state index < -0.39 is 0 Å². The molecule has 6 heteroatoms. The molecule has 0 saturated heterocycles. The highest BCUT2D eigenvalue weighted by Crippen LogP contribution is 2.24. The fraction of sp³-hybridized carbons (Fsp3) is 0.0667. The van der Waals surface area contributed by atoms with Crippen LogP contribution in [0.5, 0.6) is 0 Å². The van der Waals surface area contributed by atoms with Crippen LogP contribution in [-0.4, -0.2) is 15.7 Å². The standard InChI is InChI=1S/C15H13ClN4O/c1-20-13-5-3-2-4-10(13)14(19-20)15(21)18-12-7-6-9(16)8-11(12)17/h2-8H,17H2,1H3,(H,18,21). The first-order valence-corrected chi connectivity index (χ1v) is 6.72. The van der Waals surface area contributed by atoms with Crippen LogP contribution >= 0.6 is 11.6 Å². The normalized spacial score (nSPS) is 10.8. The fourth-order valence-corrected chi connectivity index (χ4v) is 2.39. The Bertz CT molecular complexity index is 841. The van der Waals surface area contributed by atoms with Gasteiger partial charge in [0.15, 0.2) is 5.69 Å². The van der Waals surface area contributed by atoms with Crippen molar-refractivity contribution in [3.8, 4) is 0 Å². The third kappa shape index (κ3) is 2.43. The minimum absolute atomic E-state index is 0.305. The highest BCUT2D eigenvalue weighted by atomic mass is 35.5. The highest BCUT2D eigenvalue weighted by molar-refractivity contribution is 6.31. The first-order valence-electron chi connectivity index (χ1n) is 6.34. The van der Waals surface area contributed by atoms with Gasteiger partial charge in [-0.2, -0.15) is 5.10 Å². The molecule has 0 spiro atoms. The molecule has 21 heavy (non-hydrogen) atoms. The van der Waals surface area contributed by atoms with Crippen molar-refractivity contribution >= 4 is 39.8 Å². The average molecular weight is 301 g/mol. The molecule has 0 atom stereocenters. The van der Waals surface area contributed by atoms with E-state index in [0.29, 0.717) is 22.1 Å². The Hall–Kier alpha value is -2.53. The first kappa shape index (κ1) is 13.5. The lowest BCUT2D eigenvalue weighted by molar-refractivity contribution is 0.102. The topological polar surface area (TPSA) is 72.9 Å². The number of hydrogen-bond donors (Lipinski definition) is 2. The number of rotatable bonds is 2. The summed E-state index contributed by atoms with van der Waals surface area (Å²) in [4.78, 5) is 12.4. The van der Waals surface area contributed by atoms with Crippen molar-refractivity contribution in [2.24, 2.45) is 7.05 Å². The number of aryl methyl sites for hydroxylation is 1. The first-order chi connectivity index (χ1) is 10.1. The Labute approximate surface area is 126 Å². The van der Waals surface area contributed by atoms with E-state index in [2.05, 4.69) is 10.4 Å². The van der Waals surface area contributed by atoms with E-state index in [1.54, 1.807) is 29.9 Å². The summed E-state index contributed by atoms with van der Waals surface area (Å²) >= 11 is 5.84. The van der Waals surface area contributed by atoms with Gasteiger partial charge in [-0.3, -0.25) is 9.48 Å². The Kier molecular flexibility index (Phi) is 3.27. The van der Waals surface area contributed by atoms with Crippen molar-refractivity contribution in [1.29, 1.82) is 0 Å². The van der Waals surface area contributed by atoms with Gasteiger partial charge in [-0.25, -0.2) is 0 Å². The lowest BCUT2D eigenvalue weighted by Crippen LogP contribution is -2.14. The van der Waals surface area contributed by atoms with Gasteiger partial charge in [-0.05, 0) is 24.3 Å². The second kappa shape index (κ2) is 5.10. The number of carbonyl (C=O) groups excluding carboxylic acids is 1. The van der Waals surface area contributed by atoms with Crippen LogP contribution in [0.3, 0.4) is 0 Å². The Morgan fingerprint density at radius 3 is 2.81 bits per heavy atom. The molecule has 1 aromatic heterocycles. The van der Waals surface area contributed by atoms with Crippen LogP contribution in [0.4, 0.5) is 11.4 Å². The summed E-state index contributed by atoms with van der Waals surface area (Å²) in [7, 11) is 1.80. The predicted molar refractivity (Wildman–Crippen MR) is 84.5 cm³/mol. The summed E-state index contributed by atoms with van der Waals surface area (Å²) in [5, 5.41) is 8.35. The number of nitrogens with one attached hydrogen (secondary N) is 1. The second-order valence-electron chi connectivity index (χ2n) is 4.68. The zero-order valence-electron chi connectivity index (χ0n) is 11.3. The van der Waals surface area contributed by atoms with E-state index in [9.17, 15) is 4.79 Å². The van der Waals surface area contributed by atoms with Crippen molar-refractivity contribution in [3.05, 3.63) is 53.2 Å². The SMILES string of the molecule is Cn1nc(C(=O)Nc2ccc(Cl)cc2N)c2ccccc21. The molecular weight excluding hydrogens is 288 g/mol. The van der Waals surface area contributed by atoms with E-state index >= 15 is 0 Å². The van der Waals surface area contributed by atoms with Crippen LogP contribution in [0.15, 0.2) is 42.5 Å². The summed E-state index contributed by atoms with van der Waals surface area (Å²) in [6.07, 6.45) is 0. The summed E-state index contributed by atoms with van der Waals surface area (Å²) in [5.41, 5.74) is 8.03. The van der Waals surface area contributed by atoms with Crippen LogP contribution in [0.25, 0.3) is 10.9 Å². The van der Waals surface area contributed by atoms with Crippen LogP contribution in [0, 0.1) is 0 Å². The van der Waals surface area contributed by atoms with Gasteiger partial charge < -0.3 is 11.1 Å². The van der Waals surface area contributed by atoms with Gasteiger partial charge in [-0.15, -0.1) is 0 Å². The van der Waals surface area contributed by atoms with E-state index in [4.69, 9.17) is 17.3 Å². The van der Waals surface area contributed by atoms with Crippen molar-refractivity contribution in [2.75, 3.05) is 11.1 Å². The number of carbonyl (C=O) groups is 1. The van der Waals surface area contributed by atoms with Gasteiger partial charge in [0.2, 0.25) is 0 Å². The maximum absolute atomic E-state index is 12.4. The Balaban J connectivity index is 1.98. The maximum atomic E-state index is 12.4. The number of nitrogen functional groups attached to an aromatic ring is 1. The molecule has 0 aliphatic heterocycles. The van der Waals surface area contributed by atoms with Gasteiger partial charge in [0.1, 0.15) is 0 Å². The number of hydrogen-bond acceptors (Lipinski definition) is 3. The lowest BCUT2D eigenvalue weighted by Gasteiger charge is -2.07. The number of fused-ring (bicyclic) bond motifs is 1. The van der Waals surface area contributed by atoms with Crippen molar-refractivity contribution in [2.45, 2.75) is 0 Å². The third-order valence-electron chi connectivity index (χ3n) is 3.23. The molecular formula is C15H13ClN4O. The van der Waals surface area contributed by atoms with Gasteiger partial charge in [0, 0.05) is 17.5 Å². The van der Waals surface area contributed by atoms with Crippen LogP contribution in [0.1, 0.15) is 10.5 Å². The van der Waals surface area contributed by atoms with E-state index in [0.717, 1.165) is 10.9 Å². The summed E-state index contributed by atoms with van der Waals surface area (Å²) in [6, 6.07) is 12.5. The quantitative estimate of drug-likeness (QED) is 0.714. The van der Waals surface area contributed by atoms with Gasteiger partial charge in [0.25, 0.3) is 5.91 Å². The molecule has 2 aromatic carbocycles. The number of nitrogens with two attached hydrogens (primary N) is 1. The van der Waals surface area contributed by atoms with E-state index in [1.165, 1.54) is 0 Å². The smallest absolute Gasteiger partial charge is 0.276 e. The van der Waals surface area contributed by atoms with E-state index in [1.807, 2.05) is 24.3 Å². The fourth-order valence-electron chi connectivity index (χ4n) is 2.21. The Morgan fingerprint density at radius 2 is 2.05 bits per heavy atom. The lowest BCUT2D eigenvalue weighted by atomic mass is 10.2. The maximum Gasteiger partial charge on any atom is 0.276 e. The molecule has 3 rings (SSSR count). The molecule has 0 radical (unpaired) electrons. The number of nitrogens with zero attached hydrogens (tertiary/aromatic N) is 2. The largest absolute Gasteiger partial charge is 0.397 e. The molecule has 3 N–H and O–H groups in total. The molecule has 0 bridgehead atoms. The number of para-hydroxylation sites is 1. The Morgan fingerprint density at radius 1 is 1.29 bits per heavy atom. The number of benzene rings is 2. The highest BCUT2D eigenvalue weighted by Gasteiger charge is 2.16. The summed E-state index contributed by atoms with van der Waals surface area (Å²) < 4.78 is 1.68. The monoisotopic (exact) mass is 300 g/mol. The summed E-state index contributed by atoms with van der Waals surface area (Å²) in [6.45, 7) is 0. The van der Waals surface area contributed by atoms with Crippen LogP contribution < -0.4 is 11.1 Å². The van der Waals surface area contributed by atoms with Crippen LogP contribution in [0.2, 0.25) is 5.02 Å². The van der Waals surface area contributed by atoms with Crippen molar-refractivity contribution in [1.82, 2.24) is 9.78 Å². The van der Waals surface area contributed by atoms with Gasteiger partial charge in [0.05, 0.1) is 16.9 Å². The van der Waals surface area contributed by atoms with E-state index in [-0.39, 0.29) is 5.91 Å². The van der Waals surface area contributed by atoms with Crippen molar-refractivity contribution < 1.29 is 4.79 Å².